The lowest BCUT2D eigenvalue weighted by molar-refractivity contribution is 0.222. The first-order valence-electron chi connectivity index (χ1n) is 5.15. The van der Waals surface area contributed by atoms with Gasteiger partial charge >= 0.3 is 0 Å². The van der Waals surface area contributed by atoms with Crippen molar-refractivity contribution in [3.05, 3.63) is 18.2 Å². The van der Waals surface area contributed by atoms with Crippen LogP contribution in [0.25, 0.3) is 0 Å². The van der Waals surface area contributed by atoms with E-state index in [2.05, 4.69) is 0 Å². The first-order valence-corrected chi connectivity index (χ1v) is 5.15. The second-order valence-corrected chi connectivity index (χ2v) is 3.96. The molecule has 1 rings (SSSR count). The van der Waals surface area contributed by atoms with Crippen LogP contribution in [0.15, 0.2) is 18.2 Å². The molecule has 0 bridgehead atoms. The van der Waals surface area contributed by atoms with Crippen molar-refractivity contribution in [3.63, 3.8) is 0 Å². The van der Waals surface area contributed by atoms with Crippen LogP contribution in [0.5, 0.6) is 17.2 Å². The summed E-state index contributed by atoms with van der Waals surface area (Å²) in [5.74, 6) is 1.31. The fourth-order valence-electron chi connectivity index (χ4n) is 1.19. The molecular weight excluding hydrogens is 192 g/mol. The van der Waals surface area contributed by atoms with E-state index in [1.54, 1.807) is 18.2 Å². The van der Waals surface area contributed by atoms with Crippen LogP contribution < -0.4 is 9.47 Å². The van der Waals surface area contributed by atoms with Gasteiger partial charge in [0.2, 0.25) is 0 Å². The summed E-state index contributed by atoms with van der Waals surface area (Å²) in [6, 6.07) is 5.01. The van der Waals surface area contributed by atoms with Crippen molar-refractivity contribution in [2.24, 2.45) is 0 Å². The molecule has 0 saturated carbocycles. The molecule has 0 amide bonds. The quantitative estimate of drug-likeness (QED) is 0.830. The highest BCUT2D eigenvalue weighted by Crippen LogP contribution is 2.31. The number of ether oxygens (including phenoxy) is 2. The van der Waals surface area contributed by atoms with Gasteiger partial charge in [0, 0.05) is 6.07 Å². The van der Waals surface area contributed by atoms with Crippen molar-refractivity contribution in [2.75, 3.05) is 0 Å². The van der Waals surface area contributed by atoms with Gasteiger partial charge in [-0.3, -0.25) is 0 Å². The van der Waals surface area contributed by atoms with Crippen molar-refractivity contribution in [3.8, 4) is 17.2 Å². The normalized spacial score (nSPS) is 10.8. The molecule has 0 heterocycles. The molecule has 0 fully saturated rings. The molecule has 0 aliphatic heterocycles. The summed E-state index contributed by atoms with van der Waals surface area (Å²) in [5, 5.41) is 9.54. The van der Waals surface area contributed by atoms with Crippen LogP contribution in [0.2, 0.25) is 0 Å². The summed E-state index contributed by atoms with van der Waals surface area (Å²) in [6.45, 7) is 7.73. The van der Waals surface area contributed by atoms with Crippen LogP contribution in [0, 0.1) is 0 Å². The monoisotopic (exact) mass is 210 g/mol. The molecule has 0 aliphatic rings. The summed E-state index contributed by atoms with van der Waals surface area (Å²) < 4.78 is 10.9. The minimum Gasteiger partial charge on any atom is -0.504 e. The van der Waals surface area contributed by atoms with Gasteiger partial charge in [-0.15, -0.1) is 0 Å². The molecule has 0 aliphatic carbocycles. The third-order valence-corrected chi connectivity index (χ3v) is 1.67. The Morgan fingerprint density at radius 2 is 1.60 bits per heavy atom. The highest BCUT2D eigenvalue weighted by molar-refractivity contribution is 5.44. The van der Waals surface area contributed by atoms with Gasteiger partial charge in [0.1, 0.15) is 5.75 Å². The van der Waals surface area contributed by atoms with Crippen molar-refractivity contribution >= 4 is 0 Å². The minimum absolute atomic E-state index is 0.0326. The molecule has 1 aromatic carbocycles. The van der Waals surface area contributed by atoms with Gasteiger partial charge in [-0.25, -0.2) is 0 Å². The van der Waals surface area contributed by atoms with Crippen LogP contribution in [0.1, 0.15) is 27.7 Å². The zero-order valence-electron chi connectivity index (χ0n) is 9.65. The highest BCUT2D eigenvalue weighted by Gasteiger charge is 2.07. The van der Waals surface area contributed by atoms with E-state index in [1.807, 2.05) is 27.7 Å². The zero-order chi connectivity index (χ0) is 11.4. The Bertz CT molecular complexity index is 319. The Hall–Kier alpha value is -1.38. The summed E-state index contributed by atoms with van der Waals surface area (Å²) >= 11 is 0. The third-order valence-electron chi connectivity index (χ3n) is 1.67. The van der Waals surface area contributed by atoms with Gasteiger partial charge in [-0.1, -0.05) is 0 Å². The number of phenolic OH excluding ortho intramolecular Hbond substituents is 1. The molecule has 0 atom stereocenters. The van der Waals surface area contributed by atoms with E-state index in [4.69, 9.17) is 9.47 Å². The van der Waals surface area contributed by atoms with E-state index < -0.39 is 0 Å². The topological polar surface area (TPSA) is 38.7 Å². The summed E-state index contributed by atoms with van der Waals surface area (Å²) in [5.41, 5.74) is 0. The molecule has 0 unspecified atom stereocenters. The number of aromatic hydroxyl groups is 1. The van der Waals surface area contributed by atoms with E-state index in [0.29, 0.717) is 11.5 Å². The van der Waals surface area contributed by atoms with Crippen molar-refractivity contribution < 1.29 is 14.6 Å². The predicted molar refractivity (Wildman–Crippen MR) is 59.6 cm³/mol. The standard InChI is InChI=1S/C12H18O3/c1-8(2)14-10-5-6-11(13)12(7-10)15-9(3)4/h5-9,13H,1-4H3. The minimum atomic E-state index is 0.0326. The summed E-state index contributed by atoms with van der Waals surface area (Å²) in [4.78, 5) is 0. The Balaban J connectivity index is 2.85. The lowest BCUT2D eigenvalue weighted by Crippen LogP contribution is -2.08. The zero-order valence-corrected chi connectivity index (χ0v) is 9.65. The number of phenols is 1. The van der Waals surface area contributed by atoms with Crippen LogP contribution >= 0.6 is 0 Å². The second-order valence-electron chi connectivity index (χ2n) is 3.96. The predicted octanol–water partition coefficient (Wildman–Crippen LogP) is 2.97. The molecule has 0 radical (unpaired) electrons. The molecule has 0 saturated heterocycles. The van der Waals surface area contributed by atoms with Gasteiger partial charge in [0.15, 0.2) is 11.5 Å². The van der Waals surface area contributed by atoms with Crippen LogP contribution in [0.4, 0.5) is 0 Å². The third kappa shape index (κ3) is 3.70. The maximum Gasteiger partial charge on any atom is 0.164 e. The lowest BCUT2D eigenvalue weighted by Gasteiger charge is -2.14. The van der Waals surface area contributed by atoms with Gasteiger partial charge in [-0.2, -0.15) is 0 Å². The number of rotatable bonds is 4. The molecular formula is C12H18O3. The van der Waals surface area contributed by atoms with E-state index >= 15 is 0 Å². The van der Waals surface area contributed by atoms with Gasteiger partial charge in [0.25, 0.3) is 0 Å². The average molecular weight is 210 g/mol. The Kier molecular flexibility index (Phi) is 3.83. The number of benzene rings is 1. The molecule has 1 N–H and O–H groups in total. The lowest BCUT2D eigenvalue weighted by atomic mass is 10.3. The Morgan fingerprint density at radius 3 is 2.13 bits per heavy atom. The van der Waals surface area contributed by atoms with E-state index in [1.165, 1.54) is 0 Å². The van der Waals surface area contributed by atoms with E-state index in [-0.39, 0.29) is 18.0 Å². The van der Waals surface area contributed by atoms with Crippen molar-refractivity contribution in [1.82, 2.24) is 0 Å². The maximum atomic E-state index is 9.54. The largest absolute Gasteiger partial charge is 0.504 e. The maximum absolute atomic E-state index is 9.54. The van der Waals surface area contributed by atoms with E-state index in [0.717, 1.165) is 0 Å². The Labute approximate surface area is 90.6 Å². The van der Waals surface area contributed by atoms with Gasteiger partial charge < -0.3 is 14.6 Å². The molecule has 84 valence electrons. The number of hydrogen-bond acceptors (Lipinski definition) is 3. The number of hydrogen-bond donors (Lipinski definition) is 1. The molecule has 15 heavy (non-hydrogen) atoms. The van der Waals surface area contributed by atoms with Crippen molar-refractivity contribution in [1.29, 1.82) is 0 Å². The highest BCUT2D eigenvalue weighted by atomic mass is 16.5. The first-order chi connectivity index (χ1) is 6.99. The molecule has 3 nitrogen and oxygen atoms in total. The Morgan fingerprint density at radius 1 is 1.00 bits per heavy atom. The van der Waals surface area contributed by atoms with Gasteiger partial charge in [0.05, 0.1) is 12.2 Å². The summed E-state index contributed by atoms with van der Waals surface area (Å²) in [7, 11) is 0. The molecule has 0 spiro atoms. The fraction of sp³-hybridized carbons (Fsp3) is 0.500. The summed E-state index contributed by atoms with van der Waals surface area (Å²) in [6.07, 6.45) is 0.145. The second kappa shape index (κ2) is 4.91. The SMILES string of the molecule is CC(C)Oc1ccc(O)c(OC(C)C)c1. The van der Waals surface area contributed by atoms with Crippen LogP contribution in [-0.2, 0) is 0 Å². The van der Waals surface area contributed by atoms with Crippen LogP contribution in [-0.4, -0.2) is 17.3 Å². The fourth-order valence-corrected chi connectivity index (χ4v) is 1.19. The molecule has 3 heteroatoms. The van der Waals surface area contributed by atoms with Crippen LogP contribution in [0.3, 0.4) is 0 Å². The first kappa shape index (κ1) is 11.7. The molecule has 0 aromatic heterocycles. The average Bonchev–Trinajstić information content (AvgIpc) is 2.09. The molecule has 1 aromatic rings. The smallest absolute Gasteiger partial charge is 0.164 e. The van der Waals surface area contributed by atoms with Crippen molar-refractivity contribution in [2.45, 2.75) is 39.9 Å². The van der Waals surface area contributed by atoms with E-state index in [9.17, 15) is 5.11 Å². The van der Waals surface area contributed by atoms with Gasteiger partial charge in [-0.05, 0) is 39.8 Å².